The summed E-state index contributed by atoms with van der Waals surface area (Å²) in [5.74, 6) is 1.55. The van der Waals surface area contributed by atoms with Gasteiger partial charge in [-0.1, -0.05) is 49.4 Å². The molecule has 0 spiro atoms. The van der Waals surface area contributed by atoms with Crippen LogP contribution in [0.4, 0.5) is 0 Å². The number of nitrogens with zero attached hydrogens (tertiary/aromatic N) is 4. The minimum Gasteiger partial charge on any atom is -0.497 e. The smallest absolute Gasteiger partial charge is 0.231 e. The Hall–Kier alpha value is -3.94. The van der Waals surface area contributed by atoms with Crippen LogP contribution in [0.5, 0.6) is 11.6 Å². The van der Waals surface area contributed by atoms with Crippen LogP contribution in [0.2, 0.25) is 0 Å². The van der Waals surface area contributed by atoms with Crippen LogP contribution in [0.15, 0.2) is 66.7 Å². The highest BCUT2D eigenvalue weighted by Gasteiger charge is 2.18. The number of rotatable bonds is 9. The van der Waals surface area contributed by atoms with Gasteiger partial charge in [-0.05, 0) is 30.2 Å². The number of benzene rings is 2. The molecule has 0 saturated heterocycles. The average Bonchev–Trinajstić information content (AvgIpc) is 3.26. The fraction of sp³-hybridized carbons (Fsp3) is 0.250. The first-order chi connectivity index (χ1) is 15.7. The molecule has 164 valence electrons. The lowest BCUT2D eigenvalue weighted by Crippen LogP contribution is -2.32. The topological polar surface area (TPSA) is 90.6 Å². The maximum atomic E-state index is 12.6. The molecular weight excluding hydrogens is 406 g/mol. The van der Waals surface area contributed by atoms with Crippen LogP contribution in [0, 0.1) is 0 Å². The van der Waals surface area contributed by atoms with Crippen LogP contribution in [-0.4, -0.2) is 46.0 Å². The maximum absolute atomic E-state index is 12.6. The number of nitrogens with one attached hydrogen (secondary N) is 1. The lowest BCUT2D eigenvalue weighted by molar-refractivity contribution is -0.122. The molecular formula is C24H25N5O3. The zero-order chi connectivity index (χ0) is 22.3. The van der Waals surface area contributed by atoms with Crippen LogP contribution in [0.1, 0.15) is 24.8 Å². The molecule has 0 aliphatic heterocycles. The van der Waals surface area contributed by atoms with E-state index in [1.165, 1.54) is 0 Å². The van der Waals surface area contributed by atoms with Gasteiger partial charge in [0, 0.05) is 11.6 Å². The molecule has 0 bridgehead atoms. The number of ether oxygens (including phenoxy) is 2. The Kier molecular flexibility index (Phi) is 6.60. The van der Waals surface area contributed by atoms with Crippen molar-refractivity contribution in [2.24, 2.45) is 0 Å². The van der Waals surface area contributed by atoms with Crippen molar-refractivity contribution < 1.29 is 14.3 Å². The fourth-order valence-electron chi connectivity index (χ4n) is 3.50. The van der Waals surface area contributed by atoms with Gasteiger partial charge in [0.1, 0.15) is 12.4 Å². The lowest BCUT2D eigenvalue weighted by atomic mass is 9.96. The molecule has 1 atom stereocenters. The minimum atomic E-state index is -0.173. The van der Waals surface area contributed by atoms with Gasteiger partial charge in [-0.2, -0.15) is 4.52 Å². The zero-order valence-electron chi connectivity index (χ0n) is 18.1. The Bertz CT molecular complexity index is 1190. The van der Waals surface area contributed by atoms with E-state index in [1.54, 1.807) is 23.8 Å². The van der Waals surface area contributed by atoms with Gasteiger partial charge in [0.2, 0.25) is 11.8 Å². The predicted molar refractivity (Wildman–Crippen MR) is 121 cm³/mol. The molecule has 0 aliphatic carbocycles. The number of hydrogen-bond donors (Lipinski definition) is 1. The summed E-state index contributed by atoms with van der Waals surface area (Å²) in [4.78, 5) is 12.6. The number of amides is 1. The monoisotopic (exact) mass is 431 g/mol. The minimum absolute atomic E-state index is 0.00941. The van der Waals surface area contributed by atoms with Crippen molar-refractivity contribution in [1.82, 2.24) is 25.1 Å². The van der Waals surface area contributed by atoms with Gasteiger partial charge in [-0.3, -0.25) is 4.79 Å². The van der Waals surface area contributed by atoms with Crippen molar-refractivity contribution in [2.45, 2.75) is 19.3 Å². The summed E-state index contributed by atoms with van der Waals surface area (Å²) >= 11 is 0. The van der Waals surface area contributed by atoms with E-state index in [4.69, 9.17) is 9.47 Å². The van der Waals surface area contributed by atoms with Crippen molar-refractivity contribution in [3.05, 3.63) is 72.3 Å². The molecule has 0 radical (unpaired) electrons. The first-order valence-corrected chi connectivity index (χ1v) is 10.5. The number of fused-ring (bicyclic) bond motifs is 1. The van der Waals surface area contributed by atoms with Gasteiger partial charge in [0.25, 0.3) is 0 Å². The number of aromatic nitrogens is 4. The average molecular weight is 431 g/mol. The van der Waals surface area contributed by atoms with E-state index in [2.05, 4.69) is 20.6 Å². The third kappa shape index (κ3) is 4.69. The SMILES string of the molecule is CCC(C(=O)NCCOc1ccc2nnc(-c3cccc(OC)c3)n2n1)c1ccccc1. The van der Waals surface area contributed by atoms with E-state index in [1.807, 2.05) is 61.5 Å². The quantitative estimate of drug-likeness (QED) is 0.408. The van der Waals surface area contributed by atoms with Crippen LogP contribution in [-0.2, 0) is 4.79 Å². The first-order valence-electron chi connectivity index (χ1n) is 10.5. The maximum Gasteiger partial charge on any atom is 0.231 e. The first kappa shape index (κ1) is 21.3. The Balaban J connectivity index is 1.39. The van der Waals surface area contributed by atoms with Gasteiger partial charge < -0.3 is 14.8 Å². The summed E-state index contributed by atoms with van der Waals surface area (Å²) in [6, 6.07) is 20.9. The van der Waals surface area contributed by atoms with Crippen LogP contribution in [0.3, 0.4) is 0 Å². The summed E-state index contributed by atoms with van der Waals surface area (Å²) in [7, 11) is 1.62. The molecule has 2 aromatic carbocycles. The van der Waals surface area contributed by atoms with E-state index in [9.17, 15) is 4.79 Å². The fourth-order valence-corrected chi connectivity index (χ4v) is 3.50. The molecule has 2 aromatic heterocycles. The molecule has 32 heavy (non-hydrogen) atoms. The highest BCUT2D eigenvalue weighted by molar-refractivity contribution is 5.83. The van der Waals surface area contributed by atoms with E-state index in [0.29, 0.717) is 30.5 Å². The molecule has 0 fully saturated rings. The van der Waals surface area contributed by atoms with Crippen molar-refractivity contribution in [3.8, 4) is 23.0 Å². The largest absolute Gasteiger partial charge is 0.497 e. The zero-order valence-corrected chi connectivity index (χ0v) is 18.1. The van der Waals surface area contributed by atoms with Crippen molar-refractivity contribution >= 4 is 11.6 Å². The molecule has 1 unspecified atom stereocenters. The Labute approximate surface area is 186 Å². The number of hydrogen-bond acceptors (Lipinski definition) is 6. The summed E-state index contributed by atoms with van der Waals surface area (Å²) < 4.78 is 12.7. The number of carbonyl (C=O) groups excluding carboxylic acids is 1. The van der Waals surface area contributed by atoms with Gasteiger partial charge >= 0.3 is 0 Å². The van der Waals surface area contributed by atoms with E-state index in [-0.39, 0.29) is 11.8 Å². The highest BCUT2D eigenvalue weighted by Crippen LogP contribution is 2.23. The molecule has 4 aromatic rings. The number of carbonyl (C=O) groups is 1. The van der Waals surface area contributed by atoms with E-state index < -0.39 is 0 Å². The van der Waals surface area contributed by atoms with Crippen LogP contribution >= 0.6 is 0 Å². The van der Waals surface area contributed by atoms with Gasteiger partial charge in [-0.25, -0.2) is 0 Å². The summed E-state index contributed by atoms with van der Waals surface area (Å²) in [5, 5.41) is 15.9. The number of methoxy groups -OCH3 is 1. The highest BCUT2D eigenvalue weighted by atomic mass is 16.5. The van der Waals surface area contributed by atoms with E-state index in [0.717, 1.165) is 23.3 Å². The van der Waals surface area contributed by atoms with Crippen molar-refractivity contribution in [3.63, 3.8) is 0 Å². The van der Waals surface area contributed by atoms with Gasteiger partial charge in [0.05, 0.1) is 19.6 Å². The molecule has 1 N–H and O–H groups in total. The second kappa shape index (κ2) is 9.91. The Morgan fingerprint density at radius 3 is 2.69 bits per heavy atom. The molecule has 0 aliphatic rings. The van der Waals surface area contributed by atoms with Gasteiger partial charge in [-0.15, -0.1) is 15.3 Å². The molecule has 2 heterocycles. The Morgan fingerprint density at radius 2 is 1.91 bits per heavy atom. The standard InChI is InChI=1S/C24H25N5O3/c1-3-20(17-8-5-4-6-9-17)24(30)25-14-15-32-22-13-12-21-26-27-23(29(21)28-22)18-10-7-11-19(16-18)31-2/h4-13,16,20H,3,14-15H2,1-2H3,(H,25,30). The van der Waals surface area contributed by atoms with Crippen LogP contribution < -0.4 is 14.8 Å². The second-order valence-electron chi connectivity index (χ2n) is 7.21. The predicted octanol–water partition coefficient (Wildman–Crippen LogP) is 3.49. The third-order valence-electron chi connectivity index (χ3n) is 5.14. The van der Waals surface area contributed by atoms with Crippen LogP contribution in [0.25, 0.3) is 17.0 Å². The molecule has 1 amide bonds. The molecule has 0 saturated carbocycles. The lowest BCUT2D eigenvalue weighted by Gasteiger charge is -2.15. The molecule has 8 nitrogen and oxygen atoms in total. The summed E-state index contributed by atoms with van der Waals surface area (Å²) in [6.45, 7) is 2.69. The molecule has 4 rings (SSSR count). The summed E-state index contributed by atoms with van der Waals surface area (Å²) in [6.07, 6.45) is 0.732. The van der Waals surface area contributed by atoms with Gasteiger partial charge in [0.15, 0.2) is 11.5 Å². The second-order valence-corrected chi connectivity index (χ2v) is 7.21. The van der Waals surface area contributed by atoms with Crippen molar-refractivity contribution in [1.29, 1.82) is 0 Å². The normalized spacial score (nSPS) is 11.8. The van der Waals surface area contributed by atoms with Crippen molar-refractivity contribution in [2.75, 3.05) is 20.3 Å². The Morgan fingerprint density at radius 1 is 1.06 bits per heavy atom. The third-order valence-corrected chi connectivity index (χ3v) is 5.14. The van der Waals surface area contributed by atoms with E-state index >= 15 is 0 Å². The molecule has 8 heteroatoms. The summed E-state index contributed by atoms with van der Waals surface area (Å²) in [5.41, 5.74) is 2.45.